The van der Waals surface area contributed by atoms with E-state index in [0.29, 0.717) is 6.54 Å². The fourth-order valence-corrected chi connectivity index (χ4v) is 1.55. The van der Waals surface area contributed by atoms with E-state index < -0.39 is 12.6 Å². The van der Waals surface area contributed by atoms with Gasteiger partial charge in [-0.3, -0.25) is 0 Å². The second-order valence-corrected chi connectivity index (χ2v) is 3.30. The quantitative estimate of drug-likeness (QED) is 0.702. The number of hydrogen-bond donors (Lipinski definition) is 1. The van der Waals surface area contributed by atoms with Crippen molar-refractivity contribution < 1.29 is 13.2 Å². The molecule has 1 aliphatic rings. The zero-order chi connectivity index (χ0) is 8.97. The smallest absolute Gasteiger partial charge is 0.269 e. The van der Waals surface area contributed by atoms with Crippen molar-refractivity contribution in [3.8, 4) is 0 Å². The second-order valence-electron chi connectivity index (χ2n) is 3.30. The number of piperidine rings is 1. The Morgan fingerprint density at radius 1 is 1.33 bits per heavy atom. The van der Waals surface area contributed by atoms with Gasteiger partial charge in [0.25, 0.3) is 6.43 Å². The molecule has 1 aliphatic heterocycles. The van der Waals surface area contributed by atoms with Gasteiger partial charge < -0.3 is 5.32 Å². The van der Waals surface area contributed by atoms with Gasteiger partial charge >= 0.3 is 0 Å². The highest BCUT2D eigenvalue weighted by atomic mass is 19.3. The summed E-state index contributed by atoms with van der Waals surface area (Å²) < 4.78 is 36.1. The van der Waals surface area contributed by atoms with Crippen LogP contribution in [0.3, 0.4) is 0 Å². The van der Waals surface area contributed by atoms with Crippen LogP contribution in [0.1, 0.15) is 19.3 Å². The lowest BCUT2D eigenvalue weighted by Crippen LogP contribution is -2.32. The molecule has 72 valence electrons. The van der Waals surface area contributed by atoms with E-state index in [2.05, 4.69) is 5.32 Å². The molecular formula is C8H14F3N. The third kappa shape index (κ3) is 3.01. The minimum atomic E-state index is -2.81. The van der Waals surface area contributed by atoms with Gasteiger partial charge in [0.1, 0.15) is 0 Å². The largest absolute Gasteiger partial charge is 0.316 e. The molecule has 0 aromatic rings. The fourth-order valence-electron chi connectivity index (χ4n) is 1.55. The van der Waals surface area contributed by atoms with E-state index in [9.17, 15) is 13.2 Å². The third-order valence-electron chi connectivity index (χ3n) is 2.23. The Balaban J connectivity index is 2.20. The SMILES string of the molecule is FC(F)C(F)CC1CCCNC1. The van der Waals surface area contributed by atoms with Crippen LogP contribution >= 0.6 is 0 Å². The molecule has 0 aromatic heterocycles. The van der Waals surface area contributed by atoms with Crippen molar-refractivity contribution in [1.29, 1.82) is 0 Å². The minimum absolute atomic E-state index is 0.00463. The van der Waals surface area contributed by atoms with Crippen LogP contribution in [0.25, 0.3) is 0 Å². The summed E-state index contributed by atoms with van der Waals surface area (Å²) in [6, 6.07) is 0. The van der Waals surface area contributed by atoms with Crippen LogP contribution in [-0.4, -0.2) is 25.7 Å². The fraction of sp³-hybridized carbons (Fsp3) is 1.00. The molecule has 4 heteroatoms. The Kier molecular flexibility index (Phi) is 3.85. The summed E-state index contributed by atoms with van der Waals surface area (Å²) in [4.78, 5) is 0. The Morgan fingerprint density at radius 3 is 2.58 bits per heavy atom. The molecule has 0 amide bonds. The lowest BCUT2D eigenvalue weighted by molar-refractivity contribution is 0.0339. The second kappa shape index (κ2) is 4.70. The van der Waals surface area contributed by atoms with Gasteiger partial charge in [-0.1, -0.05) is 0 Å². The van der Waals surface area contributed by atoms with Crippen molar-refractivity contribution in [1.82, 2.24) is 5.32 Å². The summed E-state index contributed by atoms with van der Waals surface area (Å²) in [5.74, 6) is 0.0998. The Bertz CT molecular complexity index is 123. The molecule has 0 radical (unpaired) electrons. The zero-order valence-corrected chi connectivity index (χ0v) is 6.90. The highest BCUT2D eigenvalue weighted by Crippen LogP contribution is 2.20. The third-order valence-corrected chi connectivity index (χ3v) is 2.23. The van der Waals surface area contributed by atoms with Crippen LogP contribution in [0.15, 0.2) is 0 Å². The number of halogens is 3. The number of rotatable bonds is 3. The van der Waals surface area contributed by atoms with Gasteiger partial charge in [0.2, 0.25) is 0 Å². The summed E-state index contributed by atoms with van der Waals surface area (Å²) >= 11 is 0. The summed E-state index contributed by atoms with van der Waals surface area (Å²) in [6.07, 6.45) is -2.90. The molecule has 1 nitrogen and oxygen atoms in total. The van der Waals surface area contributed by atoms with Gasteiger partial charge in [0.15, 0.2) is 6.17 Å². The topological polar surface area (TPSA) is 12.0 Å². The molecule has 2 atom stereocenters. The first-order valence-corrected chi connectivity index (χ1v) is 4.33. The van der Waals surface area contributed by atoms with E-state index in [-0.39, 0.29) is 12.3 Å². The minimum Gasteiger partial charge on any atom is -0.316 e. The van der Waals surface area contributed by atoms with Gasteiger partial charge in [-0.25, -0.2) is 13.2 Å². The average molecular weight is 181 g/mol. The van der Waals surface area contributed by atoms with Crippen molar-refractivity contribution in [2.75, 3.05) is 13.1 Å². The maximum Gasteiger partial charge on any atom is 0.269 e. The molecule has 0 spiro atoms. The molecule has 0 bridgehead atoms. The van der Waals surface area contributed by atoms with E-state index in [1.165, 1.54) is 0 Å². The molecule has 2 unspecified atom stereocenters. The average Bonchev–Trinajstić information content (AvgIpc) is 2.06. The molecular weight excluding hydrogens is 167 g/mol. The number of hydrogen-bond acceptors (Lipinski definition) is 1. The highest BCUT2D eigenvalue weighted by molar-refractivity contribution is 4.73. The van der Waals surface area contributed by atoms with Crippen LogP contribution in [-0.2, 0) is 0 Å². The molecule has 1 fully saturated rings. The lowest BCUT2D eigenvalue weighted by atomic mass is 9.94. The molecule has 1 heterocycles. The summed E-state index contributed by atoms with van der Waals surface area (Å²) in [5, 5.41) is 3.07. The molecule has 12 heavy (non-hydrogen) atoms. The van der Waals surface area contributed by atoms with E-state index in [1.54, 1.807) is 0 Å². The van der Waals surface area contributed by atoms with Gasteiger partial charge in [0, 0.05) is 0 Å². The van der Waals surface area contributed by atoms with Crippen LogP contribution in [0.5, 0.6) is 0 Å². The molecule has 1 N–H and O–H groups in total. The highest BCUT2D eigenvalue weighted by Gasteiger charge is 2.24. The maximum atomic E-state index is 12.5. The standard InChI is InChI=1S/C8H14F3N/c9-7(8(10)11)4-6-2-1-3-12-5-6/h6-8,12H,1-5H2. The van der Waals surface area contributed by atoms with Crippen LogP contribution < -0.4 is 5.32 Å². The summed E-state index contributed by atoms with van der Waals surface area (Å²) in [6.45, 7) is 1.62. The Labute approximate surface area is 70.3 Å². The molecule has 0 saturated carbocycles. The molecule has 0 aliphatic carbocycles. The van der Waals surface area contributed by atoms with Crippen molar-refractivity contribution >= 4 is 0 Å². The van der Waals surface area contributed by atoms with Crippen molar-refractivity contribution in [3.63, 3.8) is 0 Å². The van der Waals surface area contributed by atoms with Crippen LogP contribution in [0, 0.1) is 5.92 Å². The monoisotopic (exact) mass is 181 g/mol. The first-order chi connectivity index (χ1) is 5.70. The van der Waals surface area contributed by atoms with E-state index in [0.717, 1.165) is 19.4 Å². The zero-order valence-electron chi connectivity index (χ0n) is 6.90. The molecule has 1 saturated heterocycles. The Morgan fingerprint density at radius 2 is 2.08 bits per heavy atom. The molecule has 1 rings (SSSR count). The van der Waals surface area contributed by atoms with E-state index in [4.69, 9.17) is 0 Å². The maximum absolute atomic E-state index is 12.5. The predicted molar refractivity (Wildman–Crippen MR) is 41.1 cm³/mol. The van der Waals surface area contributed by atoms with Gasteiger partial charge in [-0.15, -0.1) is 0 Å². The van der Waals surface area contributed by atoms with Crippen molar-refractivity contribution in [3.05, 3.63) is 0 Å². The van der Waals surface area contributed by atoms with Crippen LogP contribution in [0.2, 0.25) is 0 Å². The first-order valence-electron chi connectivity index (χ1n) is 4.33. The number of nitrogens with one attached hydrogen (secondary N) is 1. The van der Waals surface area contributed by atoms with Crippen molar-refractivity contribution in [2.45, 2.75) is 31.9 Å². The van der Waals surface area contributed by atoms with Gasteiger partial charge in [-0.05, 0) is 38.3 Å². The number of alkyl halides is 3. The van der Waals surface area contributed by atoms with Crippen molar-refractivity contribution in [2.24, 2.45) is 5.92 Å². The normalized spacial score (nSPS) is 27.5. The molecule has 0 aromatic carbocycles. The van der Waals surface area contributed by atoms with Gasteiger partial charge in [-0.2, -0.15) is 0 Å². The Hall–Kier alpha value is -0.250. The van der Waals surface area contributed by atoms with E-state index in [1.807, 2.05) is 0 Å². The van der Waals surface area contributed by atoms with E-state index >= 15 is 0 Å². The lowest BCUT2D eigenvalue weighted by Gasteiger charge is -2.23. The van der Waals surface area contributed by atoms with Crippen LogP contribution in [0.4, 0.5) is 13.2 Å². The van der Waals surface area contributed by atoms with Gasteiger partial charge in [0.05, 0.1) is 0 Å². The summed E-state index contributed by atoms with van der Waals surface area (Å²) in [5.41, 5.74) is 0. The first kappa shape index (κ1) is 9.84. The predicted octanol–water partition coefficient (Wildman–Crippen LogP) is 1.98. The summed E-state index contributed by atoms with van der Waals surface area (Å²) in [7, 11) is 0.